The summed E-state index contributed by atoms with van der Waals surface area (Å²) >= 11 is 0. The Morgan fingerprint density at radius 2 is 2.43 bits per heavy atom. The molecule has 0 aliphatic heterocycles. The van der Waals surface area contributed by atoms with Crippen molar-refractivity contribution in [3.8, 4) is 0 Å². The van der Waals surface area contributed by atoms with E-state index >= 15 is 0 Å². The van der Waals surface area contributed by atoms with Crippen LogP contribution in [0.3, 0.4) is 0 Å². The molecule has 2 aromatic rings. The summed E-state index contributed by atoms with van der Waals surface area (Å²) in [7, 11) is 0. The molecular weight excluding hydrogens is 182 g/mol. The molecule has 2 aromatic heterocycles. The summed E-state index contributed by atoms with van der Waals surface area (Å²) in [6.45, 7) is 0.549. The lowest BCUT2D eigenvalue weighted by atomic mass is 10.4. The third-order valence-electron chi connectivity index (χ3n) is 1.59. The Labute approximate surface area is 79.8 Å². The minimum atomic E-state index is 0.246. The Balaban J connectivity index is 1.98. The molecule has 0 saturated heterocycles. The molecule has 2 rings (SSSR count). The molecule has 14 heavy (non-hydrogen) atoms. The van der Waals surface area contributed by atoms with Crippen molar-refractivity contribution in [2.75, 3.05) is 11.1 Å². The highest BCUT2D eigenvalue weighted by atomic mass is 15.3. The van der Waals surface area contributed by atoms with Crippen LogP contribution in [-0.2, 0) is 6.54 Å². The first-order valence-electron chi connectivity index (χ1n) is 4.01. The second-order valence-electron chi connectivity index (χ2n) is 2.61. The second-order valence-corrected chi connectivity index (χ2v) is 2.61. The van der Waals surface area contributed by atoms with Gasteiger partial charge in [0, 0.05) is 6.20 Å². The highest BCUT2D eigenvalue weighted by Crippen LogP contribution is 2.03. The third kappa shape index (κ3) is 1.94. The molecule has 7 heteroatoms. The number of nitrogens with two attached hydrogens (primary N) is 1. The average molecular weight is 191 g/mol. The van der Waals surface area contributed by atoms with Gasteiger partial charge in [-0.05, 0) is 6.07 Å². The Morgan fingerprint density at radius 1 is 1.50 bits per heavy atom. The number of hydrogen-bond donors (Lipinski definition) is 3. The van der Waals surface area contributed by atoms with Crippen molar-refractivity contribution >= 4 is 11.8 Å². The van der Waals surface area contributed by atoms with Gasteiger partial charge < -0.3 is 11.1 Å². The monoisotopic (exact) mass is 191 g/mol. The number of rotatable bonds is 3. The molecule has 0 bridgehead atoms. The summed E-state index contributed by atoms with van der Waals surface area (Å²) in [5, 5.41) is 13.1. The molecule has 4 N–H and O–H groups in total. The normalized spacial score (nSPS) is 10.0. The molecule has 0 saturated carbocycles. The summed E-state index contributed by atoms with van der Waals surface area (Å²) in [6, 6.07) is 1.73. The van der Waals surface area contributed by atoms with E-state index in [4.69, 9.17) is 5.73 Å². The fraction of sp³-hybridized carbons (Fsp3) is 0.143. The topological polar surface area (TPSA) is 105 Å². The summed E-state index contributed by atoms with van der Waals surface area (Å²) in [5.74, 6) is 0.913. The highest BCUT2D eigenvalue weighted by molar-refractivity contribution is 5.37. The lowest BCUT2D eigenvalue weighted by molar-refractivity contribution is 0.909. The van der Waals surface area contributed by atoms with E-state index in [0.717, 1.165) is 5.69 Å². The first kappa shape index (κ1) is 8.42. The molecule has 7 nitrogen and oxygen atoms in total. The van der Waals surface area contributed by atoms with Crippen molar-refractivity contribution in [2.45, 2.75) is 6.54 Å². The van der Waals surface area contributed by atoms with Gasteiger partial charge in [0.05, 0.1) is 12.7 Å². The Bertz CT molecular complexity index is 396. The fourth-order valence-electron chi connectivity index (χ4n) is 0.964. The molecule has 72 valence electrons. The molecule has 0 atom stereocenters. The molecule has 0 unspecified atom stereocenters. The largest absolute Gasteiger partial charge is 0.368 e. The van der Waals surface area contributed by atoms with E-state index in [1.807, 2.05) is 0 Å². The minimum absolute atomic E-state index is 0.246. The van der Waals surface area contributed by atoms with Gasteiger partial charge in [0.15, 0.2) is 0 Å². The van der Waals surface area contributed by atoms with E-state index in [1.54, 1.807) is 18.5 Å². The van der Waals surface area contributed by atoms with Gasteiger partial charge in [-0.25, -0.2) is 4.98 Å². The fourth-order valence-corrected chi connectivity index (χ4v) is 0.964. The predicted octanol–water partition coefficient (Wildman–Crippen LogP) is -0.211. The molecule has 0 aromatic carbocycles. The van der Waals surface area contributed by atoms with Crippen LogP contribution in [0.5, 0.6) is 0 Å². The highest BCUT2D eigenvalue weighted by Gasteiger charge is 1.97. The van der Waals surface area contributed by atoms with E-state index in [2.05, 4.69) is 30.7 Å². The predicted molar refractivity (Wildman–Crippen MR) is 50.2 cm³/mol. The van der Waals surface area contributed by atoms with Crippen LogP contribution in [0.15, 0.2) is 18.5 Å². The number of hydrogen-bond acceptors (Lipinski definition) is 6. The van der Waals surface area contributed by atoms with Gasteiger partial charge in [0.2, 0.25) is 5.95 Å². The van der Waals surface area contributed by atoms with Gasteiger partial charge in [-0.1, -0.05) is 0 Å². The molecule has 0 fully saturated rings. The van der Waals surface area contributed by atoms with Crippen molar-refractivity contribution in [3.05, 3.63) is 24.2 Å². The van der Waals surface area contributed by atoms with Crippen LogP contribution in [0.2, 0.25) is 0 Å². The van der Waals surface area contributed by atoms with Gasteiger partial charge in [-0.15, -0.1) is 0 Å². The molecule has 0 aliphatic carbocycles. The number of aromatic nitrogens is 5. The molecule has 0 amide bonds. The van der Waals surface area contributed by atoms with Gasteiger partial charge in [-0.2, -0.15) is 20.4 Å². The maximum atomic E-state index is 5.41. The summed E-state index contributed by atoms with van der Waals surface area (Å²) in [5.41, 5.74) is 6.22. The van der Waals surface area contributed by atoms with Crippen LogP contribution in [0.4, 0.5) is 11.8 Å². The number of nitrogen functional groups attached to an aromatic ring is 1. The van der Waals surface area contributed by atoms with E-state index in [0.29, 0.717) is 12.4 Å². The van der Waals surface area contributed by atoms with Crippen LogP contribution < -0.4 is 11.1 Å². The van der Waals surface area contributed by atoms with Crippen LogP contribution >= 0.6 is 0 Å². The van der Waals surface area contributed by atoms with Crippen molar-refractivity contribution in [1.29, 1.82) is 0 Å². The molecule has 0 spiro atoms. The van der Waals surface area contributed by atoms with Gasteiger partial charge in [-0.3, -0.25) is 0 Å². The van der Waals surface area contributed by atoms with E-state index in [9.17, 15) is 0 Å². The van der Waals surface area contributed by atoms with Crippen LogP contribution in [0, 0.1) is 0 Å². The summed E-state index contributed by atoms with van der Waals surface area (Å²) in [6.07, 6.45) is 3.23. The van der Waals surface area contributed by atoms with Gasteiger partial charge in [0.1, 0.15) is 11.5 Å². The molecule has 0 radical (unpaired) electrons. The first-order chi connectivity index (χ1) is 6.84. The molecule has 0 aliphatic rings. The van der Waals surface area contributed by atoms with Crippen LogP contribution in [0.1, 0.15) is 5.69 Å². The third-order valence-corrected chi connectivity index (χ3v) is 1.59. The van der Waals surface area contributed by atoms with E-state index in [1.165, 1.54) is 0 Å². The maximum Gasteiger partial charge on any atom is 0.221 e. The summed E-state index contributed by atoms with van der Waals surface area (Å²) in [4.78, 5) is 7.75. The molecular formula is C7H9N7. The number of anilines is 2. The molecule has 2 heterocycles. The van der Waals surface area contributed by atoms with E-state index in [-0.39, 0.29) is 5.95 Å². The Morgan fingerprint density at radius 3 is 3.14 bits per heavy atom. The van der Waals surface area contributed by atoms with Crippen LogP contribution in [0.25, 0.3) is 0 Å². The van der Waals surface area contributed by atoms with Crippen molar-refractivity contribution in [1.82, 2.24) is 25.4 Å². The number of H-pyrrole nitrogens is 1. The van der Waals surface area contributed by atoms with Crippen molar-refractivity contribution in [3.63, 3.8) is 0 Å². The minimum Gasteiger partial charge on any atom is -0.368 e. The first-order valence-corrected chi connectivity index (χ1v) is 4.01. The van der Waals surface area contributed by atoms with Gasteiger partial charge >= 0.3 is 0 Å². The number of aromatic amines is 1. The van der Waals surface area contributed by atoms with E-state index < -0.39 is 0 Å². The number of nitrogens with one attached hydrogen (secondary N) is 2. The zero-order valence-electron chi connectivity index (χ0n) is 7.31. The average Bonchev–Trinajstić information content (AvgIpc) is 2.67. The zero-order valence-corrected chi connectivity index (χ0v) is 7.31. The standard InChI is InChI=1S/C7H9N7/c8-7-9-2-1-6(12-7)10-3-5-4-11-14-13-5/h1-2,4H,3H2,(H,11,13,14)(H3,8,9,10,12). The quantitative estimate of drug-likeness (QED) is 0.619. The lowest BCUT2D eigenvalue weighted by Crippen LogP contribution is -2.04. The SMILES string of the molecule is Nc1nccc(NCc2cn[nH]n2)n1. The van der Waals surface area contributed by atoms with Gasteiger partial charge in [0.25, 0.3) is 0 Å². The van der Waals surface area contributed by atoms with Crippen molar-refractivity contribution in [2.24, 2.45) is 0 Å². The summed E-state index contributed by atoms with van der Waals surface area (Å²) < 4.78 is 0. The lowest BCUT2D eigenvalue weighted by Gasteiger charge is -2.02. The smallest absolute Gasteiger partial charge is 0.221 e. The maximum absolute atomic E-state index is 5.41. The zero-order chi connectivity index (χ0) is 9.80. The Hall–Kier alpha value is -2.18. The Kier molecular flexibility index (Phi) is 2.22. The van der Waals surface area contributed by atoms with Crippen molar-refractivity contribution < 1.29 is 0 Å². The number of nitrogens with zero attached hydrogens (tertiary/aromatic N) is 4. The van der Waals surface area contributed by atoms with Crippen LogP contribution in [-0.4, -0.2) is 25.4 Å². The second kappa shape index (κ2) is 3.69.